The molecule has 138 valence electrons. The highest BCUT2D eigenvalue weighted by Crippen LogP contribution is 2.38. The standard InChI is InChI=1S/C20H23NO4S/c1-2-23-16-14-17(15-6-4-3-5-7-15)26-18(16)19(22)21-10-8-20(9-11-21)24-12-13-25-20/h3-7,14H,2,8-13H2,1H3. The number of piperidine rings is 1. The number of ether oxygens (including phenoxy) is 3. The van der Waals surface area contributed by atoms with Crippen LogP contribution in [0.1, 0.15) is 29.4 Å². The van der Waals surface area contributed by atoms with Crippen molar-refractivity contribution < 1.29 is 19.0 Å². The number of carbonyl (C=O) groups excluding carboxylic acids is 1. The number of hydrogen-bond acceptors (Lipinski definition) is 5. The summed E-state index contributed by atoms with van der Waals surface area (Å²) in [6, 6.07) is 12.1. The maximum Gasteiger partial charge on any atom is 0.267 e. The molecule has 0 aliphatic carbocycles. The van der Waals surface area contributed by atoms with Crippen molar-refractivity contribution in [2.24, 2.45) is 0 Å². The molecule has 0 bridgehead atoms. The van der Waals surface area contributed by atoms with Crippen LogP contribution >= 0.6 is 11.3 Å². The van der Waals surface area contributed by atoms with Crippen LogP contribution in [0, 0.1) is 0 Å². The monoisotopic (exact) mass is 373 g/mol. The van der Waals surface area contributed by atoms with Gasteiger partial charge in [-0.15, -0.1) is 11.3 Å². The van der Waals surface area contributed by atoms with Gasteiger partial charge in [0, 0.05) is 30.8 Å². The minimum Gasteiger partial charge on any atom is -0.492 e. The van der Waals surface area contributed by atoms with E-state index in [0.29, 0.717) is 43.5 Å². The van der Waals surface area contributed by atoms with Crippen LogP contribution in [0.15, 0.2) is 36.4 Å². The van der Waals surface area contributed by atoms with Crippen LogP contribution < -0.4 is 4.74 Å². The van der Waals surface area contributed by atoms with Gasteiger partial charge in [-0.1, -0.05) is 30.3 Å². The van der Waals surface area contributed by atoms with Crippen molar-refractivity contribution >= 4 is 17.2 Å². The molecule has 0 N–H and O–H groups in total. The Morgan fingerprint density at radius 2 is 1.88 bits per heavy atom. The van der Waals surface area contributed by atoms with Gasteiger partial charge in [0.25, 0.3) is 5.91 Å². The highest BCUT2D eigenvalue weighted by molar-refractivity contribution is 7.17. The van der Waals surface area contributed by atoms with Crippen LogP contribution in [-0.4, -0.2) is 49.5 Å². The van der Waals surface area contributed by atoms with Crippen LogP contribution in [0.2, 0.25) is 0 Å². The van der Waals surface area contributed by atoms with Gasteiger partial charge in [-0.25, -0.2) is 0 Å². The van der Waals surface area contributed by atoms with Gasteiger partial charge in [-0.3, -0.25) is 4.79 Å². The molecular weight excluding hydrogens is 350 g/mol. The van der Waals surface area contributed by atoms with Crippen LogP contribution in [0.3, 0.4) is 0 Å². The average molecular weight is 373 g/mol. The second-order valence-corrected chi connectivity index (χ2v) is 7.56. The van der Waals surface area contributed by atoms with Crippen molar-refractivity contribution in [2.45, 2.75) is 25.6 Å². The molecule has 4 rings (SSSR count). The molecule has 0 unspecified atom stereocenters. The lowest BCUT2D eigenvalue weighted by Crippen LogP contribution is -2.47. The number of hydrogen-bond donors (Lipinski definition) is 0. The van der Waals surface area contributed by atoms with E-state index in [0.717, 1.165) is 23.3 Å². The molecule has 2 saturated heterocycles. The first-order valence-corrected chi connectivity index (χ1v) is 9.92. The summed E-state index contributed by atoms with van der Waals surface area (Å²) in [7, 11) is 0. The number of thiophene rings is 1. The Labute approximate surface area is 157 Å². The summed E-state index contributed by atoms with van der Waals surface area (Å²) < 4.78 is 17.3. The molecule has 1 aromatic carbocycles. The quantitative estimate of drug-likeness (QED) is 0.818. The SMILES string of the molecule is CCOc1cc(-c2ccccc2)sc1C(=O)N1CCC2(CC1)OCCO2. The summed E-state index contributed by atoms with van der Waals surface area (Å²) in [6.45, 7) is 5.05. The first-order chi connectivity index (χ1) is 12.7. The summed E-state index contributed by atoms with van der Waals surface area (Å²) in [5.41, 5.74) is 1.10. The molecule has 6 heteroatoms. The smallest absolute Gasteiger partial charge is 0.267 e. The van der Waals surface area contributed by atoms with Gasteiger partial charge in [-0.05, 0) is 18.6 Å². The normalized spacial score (nSPS) is 19.0. The molecule has 0 saturated carbocycles. The zero-order chi connectivity index (χ0) is 18.0. The maximum atomic E-state index is 13.1. The van der Waals surface area contributed by atoms with Crippen LogP contribution in [-0.2, 0) is 9.47 Å². The van der Waals surface area contributed by atoms with E-state index in [1.165, 1.54) is 11.3 Å². The molecule has 2 aromatic rings. The third kappa shape index (κ3) is 3.37. The summed E-state index contributed by atoms with van der Waals surface area (Å²) >= 11 is 1.50. The zero-order valence-corrected chi connectivity index (χ0v) is 15.7. The topological polar surface area (TPSA) is 48.0 Å². The van der Waals surface area contributed by atoms with Crippen molar-refractivity contribution in [3.05, 3.63) is 41.3 Å². The summed E-state index contributed by atoms with van der Waals surface area (Å²) in [4.78, 5) is 16.7. The summed E-state index contributed by atoms with van der Waals surface area (Å²) in [6.07, 6.45) is 1.44. The molecule has 2 aliphatic heterocycles. The maximum absolute atomic E-state index is 13.1. The lowest BCUT2D eigenvalue weighted by atomic mass is 10.0. The Hall–Kier alpha value is -1.89. The Balaban J connectivity index is 1.54. The van der Waals surface area contributed by atoms with E-state index in [4.69, 9.17) is 14.2 Å². The summed E-state index contributed by atoms with van der Waals surface area (Å²) in [5, 5.41) is 0. The van der Waals surface area contributed by atoms with Crippen LogP contribution in [0.25, 0.3) is 10.4 Å². The Morgan fingerprint density at radius 1 is 1.19 bits per heavy atom. The van der Waals surface area contributed by atoms with Crippen molar-refractivity contribution in [3.8, 4) is 16.2 Å². The van der Waals surface area contributed by atoms with Gasteiger partial charge >= 0.3 is 0 Å². The van der Waals surface area contributed by atoms with Gasteiger partial charge in [0.05, 0.1) is 19.8 Å². The number of rotatable bonds is 4. The number of likely N-dealkylation sites (tertiary alicyclic amines) is 1. The van der Waals surface area contributed by atoms with E-state index in [1.807, 2.05) is 36.1 Å². The number of carbonyl (C=O) groups is 1. The fourth-order valence-electron chi connectivity index (χ4n) is 3.51. The van der Waals surface area contributed by atoms with Crippen molar-refractivity contribution in [1.29, 1.82) is 0 Å². The van der Waals surface area contributed by atoms with Gasteiger partial charge in [0.2, 0.25) is 0 Å². The van der Waals surface area contributed by atoms with E-state index in [1.54, 1.807) is 0 Å². The summed E-state index contributed by atoms with van der Waals surface area (Å²) in [5.74, 6) is 0.243. The lowest BCUT2D eigenvalue weighted by Gasteiger charge is -2.37. The number of nitrogens with zero attached hydrogens (tertiary/aromatic N) is 1. The molecule has 2 fully saturated rings. The van der Waals surface area contributed by atoms with Gasteiger partial charge in [0.1, 0.15) is 10.6 Å². The second-order valence-electron chi connectivity index (χ2n) is 6.50. The highest BCUT2D eigenvalue weighted by Gasteiger charge is 2.41. The molecule has 1 aromatic heterocycles. The Kier molecular flexibility index (Phi) is 4.98. The second kappa shape index (κ2) is 7.39. The first kappa shape index (κ1) is 17.5. The fourth-order valence-corrected chi connectivity index (χ4v) is 4.59. The van der Waals surface area contributed by atoms with Crippen LogP contribution in [0.5, 0.6) is 5.75 Å². The minimum atomic E-state index is -0.468. The predicted octanol–water partition coefficient (Wildman–Crippen LogP) is 3.79. The van der Waals surface area contributed by atoms with Crippen molar-refractivity contribution in [3.63, 3.8) is 0 Å². The molecular formula is C20H23NO4S. The number of benzene rings is 1. The third-order valence-corrected chi connectivity index (χ3v) is 6.03. The van der Waals surface area contributed by atoms with Gasteiger partial charge in [0.15, 0.2) is 5.79 Å². The Morgan fingerprint density at radius 3 is 2.54 bits per heavy atom. The molecule has 0 radical (unpaired) electrons. The fraction of sp³-hybridized carbons (Fsp3) is 0.450. The van der Waals surface area contributed by atoms with E-state index < -0.39 is 5.79 Å². The molecule has 2 aliphatic rings. The molecule has 1 amide bonds. The van der Waals surface area contributed by atoms with Crippen LogP contribution in [0.4, 0.5) is 0 Å². The van der Waals surface area contributed by atoms with E-state index >= 15 is 0 Å². The molecule has 0 atom stereocenters. The Bertz CT molecular complexity index is 757. The van der Waals surface area contributed by atoms with Crippen molar-refractivity contribution in [1.82, 2.24) is 4.90 Å². The lowest BCUT2D eigenvalue weighted by molar-refractivity contribution is -0.181. The predicted molar refractivity (Wildman–Crippen MR) is 101 cm³/mol. The molecule has 1 spiro atoms. The zero-order valence-electron chi connectivity index (χ0n) is 14.9. The number of amides is 1. The first-order valence-electron chi connectivity index (χ1n) is 9.10. The largest absolute Gasteiger partial charge is 0.492 e. The molecule has 5 nitrogen and oxygen atoms in total. The van der Waals surface area contributed by atoms with E-state index in [2.05, 4.69) is 12.1 Å². The highest BCUT2D eigenvalue weighted by atomic mass is 32.1. The van der Waals surface area contributed by atoms with Gasteiger partial charge < -0.3 is 19.1 Å². The minimum absolute atomic E-state index is 0.0356. The van der Waals surface area contributed by atoms with Gasteiger partial charge in [-0.2, -0.15) is 0 Å². The average Bonchev–Trinajstić information content (AvgIpc) is 3.31. The third-order valence-electron chi connectivity index (χ3n) is 4.88. The van der Waals surface area contributed by atoms with Crippen molar-refractivity contribution in [2.75, 3.05) is 32.9 Å². The molecule has 3 heterocycles. The van der Waals surface area contributed by atoms with E-state index in [-0.39, 0.29) is 5.91 Å². The molecule has 26 heavy (non-hydrogen) atoms. The van der Waals surface area contributed by atoms with E-state index in [9.17, 15) is 4.79 Å².